The average Bonchev–Trinajstić information content (AvgIpc) is 2.33. The number of rotatable bonds is 2. The number of aliphatic hydroxyl groups is 3. The highest BCUT2D eigenvalue weighted by Gasteiger charge is 2.44. The molecule has 0 saturated carbocycles. The van der Waals surface area contributed by atoms with Crippen LogP contribution in [0.4, 0.5) is 0 Å². The number of aliphatic hydroxyl groups excluding tert-OH is 3. The van der Waals surface area contributed by atoms with Gasteiger partial charge < -0.3 is 24.7 Å². The summed E-state index contributed by atoms with van der Waals surface area (Å²) in [4.78, 5) is 11.5. The number of nitrogens with zero attached hydrogens (tertiary/aromatic N) is 1. The molecule has 0 amide bonds. The molecule has 2 aliphatic rings. The molecule has 112 valence electrons. The lowest BCUT2D eigenvalue weighted by molar-refractivity contribution is -0.132. The van der Waals surface area contributed by atoms with E-state index in [4.69, 9.17) is 4.52 Å². The SMILES string of the molecule is CN1C[C@@H](O)[C@@H](O)[C@H](O)[C@H]1CC1CCCOP1(=O)O. The minimum absolute atomic E-state index is 0.228. The third-order valence-corrected chi connectivity index (χ3v) is 6.06. The lowest BCUT2D eigenvalue weighted by Crippen LogP contribution is -2.60. The van der Waals surface area contributed by atoms with E-state index in [-0.39, 0.29) is 19.6 Å². The first-order valence-electron chi connectivity index (χ1n) is 6.54. The highest BCUT2D eigenvalue weighted by molar-refractivity contribution is 7.53. The van der Waals surface area contributed by atoms with Gasteiger partial charge in [0.1, 0.15) is 6.10 Å². The van der Waals surface area contributed by atoms with Crippen LogP contribution >= 0.6 is 7.60 Å². The van der Waals surface area contributed by atoms with E-state index in [0.29, 0.717) is 12.8 Å². The Morgan fingerprint density at radius 2 is 2.00 bits per heavy atom. The fraction of sp³-hybridized carbons (Fsp3) is 1.00. The molecule has 2 fully saturated rings. The van der Waals surface area contributed by atoms with E-state index in [1.165, 1.54) is 0 Å². The first-order chi connectivity index (χ1) is 8.83. The van der Waals surface area contributed by atoms with Gasteiger partial charge in [0.25, 0.3) is 0 Å². The summed E-state index contributed by atoms with van der Waals surface area (Å²) in [5.41, 5.74) is -0.522. The van der Waals surface area contributed by atoms with Crippen LogP contribution < -0.4 is 0 Å². The molecule has 2 rings (SSSR count). The molecule has 2 heterocycles. The molecule has 0 spiro atoms. The van der Waals surface area contributed by atoms with E-state index in [1.807, 2.05) is 0 Å². The molecule has 8 heteroatoms. The predicted molar refractivity (Wildman–Crippen MR) is 67.9 cm³/mol. The Hall–Kier alpha value is -0.0100. The Labute approximate surface area is 112 Å². The third kappa shape index (κ3) is 3.19. The second-order valence-electron chi connectivity index (χ2n) is 5.48. The van der Waals surface area contributed by atoms with Crippen molar-refractivity contribution in [1.29, 1.82) is 0 Å². The minimum atomic E-state index is -3.63. The summed E-state index contributed by atoms with van der Waals surface area (Å²) in [5.74, 6) is 0. The van der Waals surface area contributed by atoms with Crippen molar-refractivity contribution in [2.24, 2.45) is 0 Å². The molecule has 0 aromatic rings. The van der Waals surface area contributed by atoms with Crippen molar-refractivity contribution in [1.82, 2.24) is 4.90 Å². The summed E-state index contributed by atoms with van der Waals surface area (Å²) < 4.78 is 16.9. The van der Waals surface area contributed by atoms with Crippen LogP contribution in [0.2, 0.25) is 0 Å². The number of hydrogen-bond acceptors (Lipinski definition) is 6. The van der Waals surface area contributed by atoms with Crippen LogP contribution in [0.1, 0.15) is 19.3 Å². The zero-order chi connectivity index (χ0) is 14.2. The van der Waals surface area contributed by atoms with Gasteiger partial charge in [-0.3, -0.25) is 9.46 Å². The molecule has 19 heavy (non-hydrogen) atoms. The molecule has 0 aromatic carbocycles. The highest BCUT2D eigenvalue weighted by Crippen LogP contribution is 2.54. The Bertz CT molecular complexity index is 367. The number of likely N-dealkylation sites (N-methyl/N-ethyl adjacent to an activating group) is 1. The summed E-state index contributed by atoms with van der Waals surface area (Å²) in [7, 11) is -1.92. The van der Waals surface area contributed by atoms with Gasteiger partial charge in [-0.05, 0) is 26.3 Å². The van der Waals surface area contributed by atoms with Gasteiger partial charge in [0, 0.05) is 12.6 Å². The highest BCUT2D eigenvalue weighted by atomic mass is 31.2. The third-order valence-electron chi connectivity index (χ3n) is 4.11. The molecule has 7 nitrogen and oxygen atoms in total. The molecular weight excluding hydrogens is 273 g/mol. The van der Waals surface area contributed by atoms with Crippen LogP contribution in [-0.4, -0.2) is 75.3 Å². The van der Waals surface area contributed by atoms with Crippen LogP contribution in [0.5, 0.6) is 0 Å². The molecule has 0 aliphatic carbocycles. The first-order valence-corrected chi connectivity index (χ1v) is 8.19. The van der Waals surface area contributed by atoms with E-state index in [1.54, 1.807) is 11.9 Å². The van der Waals surface area contributed by atoms with Gasteiger partial charge in [-0.2, -0.15) is 0 Å². The largest absolute Gasteiger partial charge is 0.389 e. The molecular formula is C11H22NO6P. The zero-order valence-electron chi connectivity index (χ0n) is 10.9. The van der Waals surface area contributed by atoms with Gasteiger partial charge in [0.2, 0.25) is 0 Å². The molecule has 2 aliphatic heterocycles. The monoisotopic (exact) mass is 295 g/mol. The van der Waals surface area contributed by atoms with Crippen LogP contribution in [0.15, 0.2) is 0 Å². The standard InChI is InChI=1S/C11H22NO6P/c1-12-6-9(13)11(15)10(14)8(12)5-7-3-2-4-18-19(7,16)17/h7-11,13-15H,2-6H2,1H3,(H,16,17)/t7?,8-,9-,10-,11-/m1/s1. The van der Waals surface area contributed by atoms with Crippen LogP contribution in [0.25, 0.3) is 0 Å². The Morgan fingerprint density at radius 1 is 1.32 bits per heavy atom. The van der Waals surface area contributed by atoms with Gasteiger partial charge >= 0.3 is 7.60 Å². The minimum Gasteiger partial charge on any atom is -0.389 e. The molecule has 6 atom stereocenters. The lowest BCUT2D eigenvalue weighted by Gasteiger charge is -2.43. The van der Waals surface area contributed by atoms with E-state index < -0.39 is 37.6 Å². The van der Waals surface area contributed by atoms with Gasteiger partial charge in [0.15, 0.2) is 0 Å². The summed E-state index contributed by atoms with van der Waals surface area (Å²) in [6.07, 6.45) is -1.79. The summed E-state index contributed by atoms with van der Waals surface area (Å²) in [6, 6.07) is -0.453. The van der Waals surface area contributed by atoms with E-state index in [2.05, 4.69) is 0 Å². The van der Waals surface area contributed by atoms with Crippen molar-refractivity contribution in [3.63, 3.8) is 0 Å². The maximum Gasteiger partial charge on any atom is 0.331 e. The zero-order valence-corrected chi connectivity index (χ0v) is 11.8. The van der Waals surface area contributed by atoms with Crippen LogP contribution in [0.3, 0.4) is 0 Å². The molecule has 2 saturated heterocycles. The second-order valence-corrected chi connectivity index (χ2v) is 7.60. The number of hydrogen-bond donors (Lipinski definition) is 4. The fourth-order valence-electron chi connectivity index (χ4n) is 2.89. The van der Waals surface area contributed by atoms with Crippen LogP contribution in [0, 0.1) is 0 Å². The molecule has 0 bridgehead atoms. The van der Waals surface area contributed by atoms with E-state index in [9.17, 15) is 24.8 Å². The maximum atomic E-state index is 11.9. The lowest BCUT2D eigenvalue weighted by atomic mass is 9.90. The topological polar surface area (TPSA) is 110 Å². The van der Waals surface area contributed by atoms with Crippen molar-refractivity contribution in [3.8, 4) is 0 Å². The Kier molecular flexibility index (Phi) is 4.67. The number of piperidine rings is 1. The van der Waals surface area contributed by atoms with Crippen molar-refractivity contribution in [2.75, 3.05) is 20.2 Å². The Balaban J connectivity index is 2.06. The van der Waals surface area contributed by atoms with Crippen molar-refractivity contribution >= 4 is 7.60 Å². The average molecular weight is 295 g/mol. The van der Waals surface area contributed by atoms with Gasteiger partial charge in [0.05, 0.1) is 24.5 Å². The normalized spacial score (nSPS) is 49.2. The molecule has 2 unspecified atom stereocenters. The predicted octanol–water partition coefficient (Wildman–Crippen LogP) is -0.862. The number of likely N-dealkylation sites (tertiary alicyclic amines) is 1. The quantitative estimate of drug-likeness (QED) is 0.490. The molecule has 0 aromatic heterocycles. The van der Waals surface area contributed by atoms with Crippen LogP contribution in [-0.2, 0) is 9.09 Å². The van der Waals surface area contributed by atoms with Gasteiger partial charge in [-0.25, -0.2) is 0 Å². The van der Waals surface area contributed by atoms with Crippen molar-refractivity contribution in [3.05, 3.63) is 0 Å². The number of β-amino-alcohol motifs (C(OH)–C–C–N with tert-alkyl or cyclic N) is 1. The molecule has 4 N–H and O–H groups in total. The fourth-order valence-corrected chi connectivity index (χ4v) is 4.48. The van der Waals surface area contributed by atoms with E-state index >= 15 is 0 Å². The molecule has 0 radical (unpaired) electrons. The van der Waals surface area contributed by atoms with Crippen molar-refractivity contribution in [2.45, 2.75) is 49.3 Å². The van der Waals surface area contributed by atoms with Gasteiger partial charge in [-0.1, -0.05) is 0 Å². The second kappa shape index (κ2) is 5.77. The first kappa shape index (κ1) is 15.4. The maximum absolute atomic E-state index is 11.9. The van der Waals surface area contributed by atoms with Gasteiger partial charge in [-0.15, -0.1) is 0 Å². The van der Waals surface area contributed by atoms with Crippen molar-refractivity contribution < 1.29 is 29.3 Å². The summed E-state index contributed by atoms with van der Waals surface area (Å²) in [5, 5.41) is 29.3. The summed E-state index contributed by atoms with van der Waals surface area (Å²) in [6.45, 7) is 0.515. The van der Waals surface area contributed by atoms with E-state index in [0.717, 1.165) is 0 Å². The summed E-state index contributed by atoms with van der Waals surface area (Å²) >= 11 is 0. The smallest absolute Gasteiger partial charge is 0.331 e. The Morgan fingerprint density at radius 3 is 2.63 bits per heavy atom.